The van der Waals surface area contributed by atoms with Gasteiger partial charge in [-0.25, -0.2) is 0 Å². The smallest absolute Gasteiger partial charge is 0.0472 e. The summed E-state index contributed by atoms with van der Waals surface area (Å²) in [6.07, 6.45) is 3.58. The van der Waals surface area contributed by atoms with Gasteiger partial charge in [-0.05, 0) is 31.2 Å². The zero-order chi connectivity index (χ0) is 12.1. The van der Waals surface area contributed by atoms with Crippen molar-refractivity contribution in [1.82, 2.24) is 4.90 Å². The molecule has 0 aromatic heterocycles. The van der Waals surface area contributed by atoms with Crippen LogP contribution < -0.4 is 5.73 Å². The Bertz CT molecular complexity index is 231. The zero-order valence-corrected chi connectivity index (χ0v) is 11.8. The van der Waals surface area contributed by atoms with Crippen molar-refractivity contribution in [2.75, 3.05) is 45.1 Å². The summed E-state index contributed by atoms with van der Waals surface area (Å²) in [5.41, 5.74) is 6.37. The predicted octanol–water partition coefficient (Wildman–Crippen LogP) is 1.57. The summed E-state index contributed by atoms with van der Waals surface area (Å²) >= 11 is 2.14. The number of nitrogens with zero attached hydrogens (tertiary/aromatic N) is 1. The van der Waals surface area contributed by atoms with Gasteiger partial charge in [-0.1, -0.05) is 6.92 Å². The van der Waals surface area contributed by atoms with Crippen molar-refractivity contribution in [3.05, 3.63) is 0 Å². The van der Waals surface area contributed by atoms with Crippen LogP contribution in [0.2, 0.25) is 0 Å². The summed E-state index contributed by atoms with van der Waals surface area (Å²) in [4.78, 5) is 2.64. The van der Waals surface area contributed by atoms with E-state index in [2.05, 4.69) is 23.6 Å². The highest BCUT2D eigenvalue weighted by Crippen LogP contribution is 2.32. The van der Waals surface area contributed by atoms with Gasteiger partial charge in [0.15, 0.2) is 0 Å². The Morgan fingerprint density at radius 1 is 1.41 bits per heavy atom. The zero-order valence-electron chi connectivity index (χ0n) is 11.0. The summed E-state index contributed by atoms with van der Waals surface area (Å²) in [5.74, 6) is 1.29. The Labute approximate surface area is 109 Å². The number of hydrogen-bond acceptors (Lipinski definition) is 4. The summed E-state index contributed by atoms with van der Waals surface area (Å²) in [7, 11) is 0. The predicted molar refractivity (Wildman–Crippen MR) is 74.5 cm³/mol. The van der Waals surface area contributed by atoms with Gasteiger partial charge in [0.05, 0.1) is 0 Å². The maximum absolute atomic E-state index is 6.04. The van der Waals surface area contributed by atoms with Gasteiger partial charge >= 0.3 is 0 Å². The molecule has 100 valence electrons. The summed E-state index contributed by atoms with van der Waals surface area (Å²) in [6, 6.07) is 0. The van der Waals surface area contributed by atoms with Gasteiger partial charge in [-0.3, -0.25) is 0 Å². The Kier molecular flexibility index (Phi) is 5.15. The summed E-state index contributed by atoms with van der Waals surface area (Å²) < 4.78 is 5.48. The Balaban J connectivity index is 1.88. The lowest BCUT2D eigenvalue weighted by Gasteiger charge is -2.42. The molecule has 2 aliphatic heterocycles. The van der Waals surface area contributed by atoms with E-state index >= 15 is 0 Å². The first-order chi connectivity index (χ1) is 8.28. The molecule has 0 spiro atoms. The van der Waals surface area contributed by atoms with Crippen molar-refractivity contribution in [2.45, 2.75) is 31.4 Å². The highest BCUT2D eigenvalue weighted by atomic mass is 32.2. The maximum Gasteiger partial charge on any atom is 0.0472 e. The van der Waals surface area contributed by atoms with E-state index in [1.54, 1.807) is 0 Å². The van der Waals surface area contributed by atoms with E-state index in [4.69, 9.17) is 10.5 Å². The Hall–Kier alpha value is 0.230. The molecule has 17 heavy (non-hydrogen) atoms. The van der Waals surface area contributed by atoms with Crippen LogP contribution in [0.4, 0.5) is 0 Å². The van der Waals surface area contributed by atoms with Crippen molar-refractivity contribution in [1.29, 1.82) is 0 Å². The van der Waals surface area contributed by atoms with Crippen LogP contribution in [0.25, 0.3) is 0 Å². The number of ether oxygens (including phenoxy) is 1. The third-order valence-corrected chi connectivity index (χ3v) is 5.60. The second-order valence-electron chi connectivity index (χ2n) is 5.45. The Morgan fingerprint density at radius 3 is 2.82 bits per heavy atom. The first-order valence-electron chi connectivity index (χ1n) is 6.90. The quantitative estimate of drug-likeness (QED) is 0.831. The second-order valence-corrected chi connectivity index (χ2v) is 6.86. The molecule has 1 atom stereocenters. The van der Waals surface area contributed by atoms with Gasteiger partial charge in [-0.15, -0.1) is 0 Å². The minimum atomic E-state index is 0.332. The molecule has 0 aliphatic carbocycles. The first kappa shape index (κ1) is 13.7. The van der Waals surface area contributed by atoms with Crippen LogP contribution in [0, 0.1) is 5.41 Å². The van der Waals surface area contributed by atoms with Crippen LogP contribution in [0.3, 0.4) is 0 Å². The molecule has 0 amide bonds. The lowest BCUT2D eigenvalue weighted by atomic mass is 9.79. The third kappa shape index (κ3) is 3.60. The third-order valence-electron chi connectivity index (χ3n) is 4.22. The van der Waals surface area contributed by atoms with Crippen molar-refractivity contribution in [2.24, 2.45) is 11.1 Å². The van der Waals surface area contributed by atoms with Crippen LogP contribution in [-0.2, 0) is 4.74 Å². The molecular formula is C13H26N2OS. The minimum Gasteiger partial charge on any atom is -0.381 e. The molecule has 2 rings (SSSR count). The fraction of sp³-hybridized carbons (Fsp3) is 1.00. The van der Waals surface area contributed by atoms with Crippen LogP contribution in [0.5, 0.6) is 0 Å². The van der Waals surface area contributed by atoms with Gasteiger partial charge in [0.25, 0.3) is 0 Å². The second kappa shape index (κ2) is 6.41. The van der Waals surface area contributed by atoms with E-state index in [1.165, 1.54) is 31.8 Å². The minimum absolute atomic E-state index is 0.332. The molecule has 0 aromatic carbocycles. The highest BCUT2D eigenvalue weighted by molar-refractivity contribution is 8.00. The monoisotopic (exact) mass is 258 g/mol. The number of thioether (sulfide) groups is 1. The SMILES string of the molecule is CCC1CN(CC2(CN)CCOCC2)CCS1. The average molecular weight is 258 g/mol. The number of nitrogens with two attached hydrogens (primary N) is 1. The number of hydrogen-bond donors (Lipinski definition) is 1. The molecule has 0 aromatic rings. The fourth-order valence-corrected chi connectivity index (χ4v) is 4.13. The molecule has 3 nitrogen and oxygen atoms in total. The van der Waals surface area contributed by atoms with Gasteiger partial charge in [0, 0.05) is 43.9 Å². The largest absolute Gasteiger partial charge is 0.381 e. The molecule has 4 heteroatoms. The van der Waals surface area contributed by atoms with Crippen LogP contribution in [-0.4, -0.2) is 55.3 Å². The van der Waals surface area contributed by atoms with Crippen LogP contribution >= 0.6 is 11.8 Å². The molecule has 0 radical (unpaired) electrons. The molecular weight excluding hydrogens is 232 g/mol. The molecule has 2 heterocycles. The standard InChI is InChI=1S/C13H26N2OS/c1-2-12-9-15(5-8-17-12)11-13(10-14)3-6-16-7-4-13/h12H,2-11,14H2,1H3. The van der Waals surface area contributed by atoms with Crippen molar-refractivity contribution >= 4 is 11.8 Å². The molecule has 1 unspecified atom stereocenters. The highest BCUT2D eigenvalue weighted by Gasteiger charge is 2.34. The van der Waals surface area contributed by atoms with Crippen LogP contribution in [0.15, 0.2) is 0 Å². The van der Waals surface area contributed by atoms with E-state index in [1.807, 2.05) is 0 Å². The fourth-order valence-electron chi connectivity index (χ4n) is 2.88. The van der Waals surface area contributed by atoms with Crippen molar-refractivity contribution in [3.63, 3.8) is 0 Å². The topological polar surface area (TPSA) is 38.5 Å². The lowest BCUT2D eigenvalue weighted by Crippen LogP contribution is -2.49. The average Bonchev–Trinajstić information content (AvgIpc) is 2.40. The van der Waals surface area contributed by atoms with E-state index in [-0.39, 0.29) is 0 Å². The van der Waals surface area contributed by atoms with Gasteiger partial charge in [0.1, 0.15) is 0 Å². The van der Waals surface area contributed by atoms with Crippen molar-refractivity contribution in [3.8, 4) is 0 Å². The lowest BCUT2D eigenvalue weighted by molar-refractivity contribution is 0.000362. The van der Waals surface area contributed by atoms with E-state index in [0.29, 0.717) is 5.41 Å². The van der Waals surface area contributed by atoms with Crippen molar-refractivity contribution < 1.29 is 4.74 Å². The molecule has 0 bridgehead atoms. The van der Waals surface area contributed by atoms with Gasteiger partial charge in [0.2, 0.25) is 0 Å². The summed E-state index contributed by atoms with van der Waals surface area (Å²) in [5, 5.41) is 0.832. The molecule has 2 N–H and O–H groups in total. The van der Waals surface area contributed by atoms with Gasteiger partial charge in [-0.2, -0.15) is 11.8 Å². The number of rotatable bonds is 4. The molecule has 0 saturated carbocycles. The normalized spacial score (nSPS) is 30.4. The van der Waals surface area contributed by atoms with E-state index < -0.39 is 0 Å². The molecule has 2 aliphatic rings. The van der Waals surface area contributed by atoms with Crippen LogP contribution in [0.1, 0.15) is 26.2 Å². The summed E-state index contributed by atoms with van der Waals surface area (Å²) in [6.45, 7) is 8.59. The maximum atomic E-state index is 6.04. The molecule has 2 saturated heterocycles. The molecule has 2 fully saturated rings. The van der Waals surface area contributed by atoms with E-state index in [9.17, 15) is 0 Å². The van der Waals surface area contributed by atoms with Gasteiger partial charge < -0.3 is 15.4 Å². The first-order valence-corrected chi connectivity index (χ1v) is 7.95. The Morgan fingerprint density at radius 2 is 2.18 bits per heavy atom. The van der Waals surface area contributed by atoms with E-state index in [0.717, 1.165) is 37.9 Å².